The first-order valence-corrected chi connectivity index (χ1v) is 5.82. The number of hydrogen-bond donors (Lipinski definition) is 2. The summed E-state index contributed by atoms with van der Waals surface area (Å²) in [5.41, 5.74) is 1.40. The van der Waals surface area contributed by atoms with Crippen LogP contribution in [0, 0.1) is 11.8 Å². The third-order valence-electron chi connectivity index (χ3n) is 4.02. The number of rotatable bonds is 1. The van der Waals surface area contributed by atoms with Crippen LogP contribution in [0.5, 0.6) is 5.75 Å². The summed E-state index contributed by atoms with van der Waals surface area (Å²) >= 11 is 0. The van der Waals surface area contributed by atoms with Crippen molar-refractivity contribution in [2.45, 2.75) is 18.8 Å². The Bertz CT molecular complexity index is 334. The van der Waals surface area contributed by atoms with E-state index in [1.165, 1.54) is 31.5 Å². The van der Waals surface area contributed by atoms with Crippen LogP contribution in [-0.4, -0.2) is 18.2 Å². The van der Waals surface area contributed by atoms with E-state index in [9.17, 15) is 5.11 Å². The van der Waals surface area contributed by atoms with Gasteiger partial charge in [-0.05, 0) is 61.4 Å². The molecule has 2 N–H and O–H groups in total. The molecule has 2 fully saturated rings. The molecule has 2 nitrogen and oxygen atoms in total. The largest absolute Gasteiger partial charge is 0.508 e. The van der Waals surface area contributed by atoms with Gasteiger partial charge in [0.2, 0.25) is 0 Å². The van der Waals surface area contributed by atoms with Crippen molar-refractivity contribution < 1.29 is 5.11 Å². The maximum atomic E-state index is 9.25. The summed E-state index contributed by atoms with van der Waals surface area (Å²) in [7, 11) is 0. The van der Waals surface area contributed by atoms with E-state index in [4.69, 9.17) is 0 Å². The van der Waals surface area contributed by atoms with Crippen LogP contribution in [0.25, 0.3) is 0 Å². The van der Waals surface area contributed by atoms with E-state index in [0.717, 1.165) is 17.8 Å². The number of nitrogens with one attached hydrogen (secondary N) is 1. The summed E-state index contributed by atoms with van der Waals surface area (Å²) < 4.78 is 0. The number of phenols is 1. The van der Waals surface area contributed by atoms with Gasteiger partial charge in [0.05, 0.1) is 0 Å². The Labute approximate surface area is 90.3 Å². The lowest BCUT2D eigenvalue weighted by Crippen LogP contribution is -2.11. The van der Waals surface area contributed by atoms with Crippen LogP contribution in [0.3, 0.4) is 0 Å². The lowest BCUT2D eigenvalue weighted by atomic mass is 9.96. The summed E-state index contributed by atoms with van der Waals surface area (Å²) in [4.78, 5) is 0. The van der Waals surface area contributed by atoms with Crippen LogP contribution in [-0.2, 0) is 0 Å². The number of aromatic hydroxyl groups is 1. The fraction of sp³-hybridized carbons (Fsp3) is 0.538. The van der Waals surface area contributed by atoms with Gasteiger partial charge in [0.15, 0.2) is 0 Å². The molecule has 1 aromatic carbocycles. The minimum Gasteiger partial charge on any atom is -0.508 e. The normalized spacial score (nSPS) is 34.3. The van der Waals surface area contributed by atoms with Gasteiger partial charge in [-0.2, -0.15) is 0 Å². The molecule has 2 atom stereocenters. The van der Waals surface area contributed by atoms with Crippen LogP contribution < -0.4 is 5.32 Å². The van der Waals surface area contributed by atoms with Crippen molar-refractivity contribution >= 4 is 0 Å². The maximum absolute atomic E-state index is 9.25. The highest BCUT2D eigenvalue weighted by Gasteiger charge is 2.37. The monoisotopic (exact) mass is 203 g/mol. The third kappa shape index (κ3) is 1.63. The Morgan fingerprint density at radius 2 is 1.60 bits per heavy atom. The molecule has 3 rings (SSSR count). The fourth-order valence-electron chi connectivity index (χ4n) is 3.18. The van der Waals surface area contributed by atoms with Gasteiger partial charge >= 0.3 is 0 Å². The van der Waals surface area contributed by atoms with E-state index in [-0.39, 0.29) is 0 Å². The molecule has 0 aromatic heterocycles. The first kappa shape index (κ1) is 9.22. The maximum Gasteiger partial charge on any atom is 0.115 e. The Balaban J connectivity index is 1.76. The molecular weight excluding hydrogens is 186 g/mol. The van der Waals surface area contributed by atoms with Crippen molar-refractivity contribution in [2.75, 3.05) is 13.1 Å². The van der Waals surface area contributed by atoms with Crippen molar-refractivity contribution in [1.82, 2.24) is 5.32 Å². The first-order chi connectivity index (χ1) is 7.33. The smallest absolute Gasteiger partial charge is 0.115 e. The highest BCUT2D eigenvalue weighted by molar-refractivity contribution is 5.29. The second kappa shape index (κ2) is 3.53. The molecular formula is C13H17NO. The lowest BCUT2D eigenvalue weighted by Gasteiger charge is -2.11. The van der Waals surface area contributed by atoms with Crippen LogP contribution >= 0.6 is 0 Å². The average Bonchev–Trinajstić information content (AvgIpc) is 2.78. The summed E-state index contributed by atoms with van der Waals surface area (Å²) in [6.45, 7) is 2.42. The standard InChI is InChI=1S/C13H17NO/c15-13-3-1-9(2-4-13)10-5-11-7-14-8-12(11)6-10/h1-4,10-12,14-15H,5-8H2. The zero-order valence-electron chi connectivity index (χ0n) is 8.82. The Morgan fingerprint density at radius 3 is 2.20 bits per heavy atom. The Hall–Kier alpha value is -1.02. The predicted molar refractivity (Wildman–Crippen MR) is 59.9 cm³/mol. The zero-order chi connectivity index (χ0) is 10.3. The quantitative estimate of drug-likeness (QED) is 0.732. The lowest BCUT2D eigenvalue weighted by molar-refractivity contribution is 0.474. The molecule has 1 aliphatic carbocycles. The molecule has 2 unspecified atom stereocenters. The van der Waals surface area contributed by atoms with Gasteiger partial charge in [-0.25, -0.2) is 0 Å². The zero-order valence-corrected chi connectivity index (χ0v) is 8.82. The molecule has 1 saturated heterocycles. The number of phenolic OH excluding ortho intramolecular Hbond substituents is 1. The first-order valence-electron chi connectivity index (χ1n) is 5.82. The van der Waals surface area contributed by atoms with Gasteiger partial charge in [-0.3, -0.25) is 0 Å². The molecule has 1 aliphatic heterocycles. The van der Waals surface area contributed by atoms with Gasteiger partial charge in [0.1, 0.15) is 5.75 Å². The van der Waals surface area contributed by atoms with E-state index in [0.29, 0.717) is 5.75 Å². The Kier molecular flexibility index (Phi) is 2.17. The van der Waals surface area contributed by atoms with Gasteiger partial charge in [0.25, 0.3) is 0 Å². The number of fused-ring (bicyclic) bond motifs is 1. The molecule has 0 bridgehead atoms. The third-order valence-corrected chi connectivity index (χ3v) is 4.02. The molecule has 0 radical (unpaired) electrons. The second-order valence-electron chi connectivity index (χ2n) is 4.94. The minimum atomic E-state index is 0.374. The second-order valence-corrected chi connectivity index (χ2v) is 4.94. The minimum absolute atomic E-state index is 0.374. The van der Waals surface area contributed by atoms with Crippen LogP contribution in [0.2, 0.25) is 0 Å². The molecule has 80 valence electrons. The molecule has 2 aliphatic rings. The summed E-state index contributed by atoms with van der Waals surface area (Å²) in [5, 5.41) is 12.7. The molecule has 0 spiro atoms. The van der Waals surface area contributed by atoms with E-state index in [2.05, 4.69) is 17.4 Å². The highest BCUT2D eigenvalue weighted by Crippen LogP contribution is 2.44. The predicted octanol–water partition coefficient (Wildman–Crippen LogP) is 2.11. The van der Waals surface area contributed by atoms with Gasteiger partial charge < -0.3 is 10.4 Å². The van der Waals surface area contributed by atoms with E-state index >= 15 is 0 Å². The van der Waals surface area contributed by atoms with Crippen molar-refractivity contribution in [1.29, 1.82) is 0 Å². The summed E-state index contributed by atoms with van der Waals surface area (Å²) in [6.07, 6.45) is 2.64. The topological polar surface area (TPSA) is 32.3 Å². The van der Waals surface area contributed by atoms with Crippen LogP contribution in [0.15, 0.2) is 24.3 Å². The molecule has 2 heteroatoms. The van der Waals surface area contributed by atoms with E-state index in [1.807, 2.05) is 12.1 Å². The van der Waals surface area contributed by atoms with E-state index < -0.39 is 0 Å². The SMILES string of the molecule is Oc1ccc(C2CC3CNCC3C2)cc1. The molecule has 1 saturated carbocycles. The van der Waals surface area contributed by atoms with E-state index in [1.54, 1.807) is 0 Å². The van der Waals surface area contributed by atoms with Gasteiger partial charge in [-0.15, -0.1) is 0 Å². The summed E-state index contributed by atoms with van der Waals surface area (Å²) in [5.74, 6) is 2.88. The Morgan fingerprint density at radius 1 is 1.00 bits per heavy atom. The van der Waals surface area contributed by atoms with Crippen molar-refractivity contribution in [3.05, 3.63) is 29.8 Å². The molecule has 1 aromatic rings. The van der Waals surface area contributed by atoms with Gasteiger partial charge in [0, 0.05) is 0 Å². The average molecular weight is 203 g/mol. The molecule has 15 heavy (non-hydrogen) atoms. The van der Waals surface area contributed by atoms with Crippen molar-refractivity contribution in [3.63, 3.8) is 0 Å². The van der Waals surface area contributed by atoms with Crippen LogP contribution in [0.4, 0.5) is 0 Å². The van der Waals surface area contributed by atoms with Crippen LogP contribution in [0.1, 0.15) is 24.3 Å². The molecule has 0 amide bonds. The van der Waals surface area contributed by atoms with Gasteiger partial charge in [-0.1, -0.05) is 12.1 Å². The molecule has 1 heterocycles. The van der Waals surface area contributed by atoms with Crippen molar-refractivity contribution in [2.24, 2.45) is 11.8 Å². The number of hydrogen-bond acceptors (Lipinski definition) is 2. The fourth-order valence-corrected chi connectivity index (χ4v) is 3.18. The summed E-state index contributed by atoms with van der Waals surface area (Å²) in [6, 6.07) is 7.77. The number of benzene rings is 1. The highest BCUT2D eigenvalue weighted by atomic mass is 16.3. The van der Waals surface area contributed by atoms with Crippen molar-refractivity contribution in [3.8, 4) is 5.75 Å².